The van der Waals surface area contributed by atoms with E-state index >= 15 is 0 Å². The first-order chi connectivity index (χ1) is 12.2. The Morgan fingerprint density at radius 3 is 2.88 bits per heavy atom. The number of amides is 1. The summed E-state index contributed by atoms with van der Waals surface area (Å²) in [5.74, 6) is 0.959. The second-order valence-electron chi connectivity index (χ2n) is 7.35. The number of thioether (sulfide) groups is 1. The van der Waals surface area contributed by atoms with Crippen molar-refractivity contribution in [3.63, 3.8) is 0 Å². The van der Waals surface area contributed by atoms with Crippen LogP contribution in [0.1, 0.15) is 36.0 Å². The number of rotatable bonds is 4. The van der Waals surface area contributed by atoms with E-state index in [1.54, 1.807) is 18.3 Å². The molecular weight excluding hydrogens is 390 g/mol. The van der Waals surface area contributed by atoms with E-state index < -0.39 is 15.4 Å². The first-order valence-electron chi connectivity index (χ1n) is 8.68. The van der Waals surface area contributed by atoms with E-state index in [0.29, 0.717) is 12.2 Å². The predicted molar refractivity (Wildman–Crippen MR) is 105 cm³/mol. The van der Waals surface area contributed by atoms with Crippen LogP contribution in [0, 0.1) is 6.92 Å². The summed E-state index contributed by atoms with van der Waals surface area (Å²) < 4.78 is 23.4. The maximum Gasteiger partial charge on any atom is 0.230 e. The first kappa shape index (κ1) is 18.2. The van der Waals surface area contributed by atoms with Gasteiger partial charge in [-0.3, -0.25) is 4.79 Å². The Morgan fingerprint density at radius 1 is 1.35 bits per heavy atom. The van der Waals surface area contributed by atoms with Crippen LogP contribution in [0.15, 0.2) is 5.03 Å². The molecular formula is C17H21N3O3S3. The van der Waals surface area contributed by atoms with Crippen molar-refractivity contribution < 1.29 is 13.2 Å². The van der Waals surface area contributed by atoms with E-state index in [2.05, 4.69) is 15.3 Å². The molecule has 1 atom stereocenters. The fourth-order valence-corrected chi connectivity index (χ4v) is 8.15. The van der Waals surface area contributed by atoms with Crippen molar-refractivity contribution in [1.82, 2.24) is 15.3 Å². The van der Waals surface area contributed by atoms with Crippen molar-refractivity contribution in [1.29, 1.82) is 0 Å². The molecule has 0 bridgehead atoms. The largest absolute Gasteiger partial charge is 0.349 e. The van der Waals surface area contributed by atoms with Crippen molar-refractivity contribution in [3.05, 3.63) is 16.3 Å². The van der Waals surface area contributed by atoms with Gasteiger partial charge in [0.2, 0.25) is 5.91 Å². The molecule has 26 heavy (non-hydrogen) atoms. The second-order valence-corrected chi connectivity index (χ2v) is 11.6. The summed E-state index contributed by atoms with van der Waals surface area (Å²) in [5, 5.41) is 4.89. The zero-order chi connectivity index (χ0) is 18.5. The molecule has 9 heteroatoms. The van der Waals surface area contributed by atoms with E-state index in [1.165, 1.54) is 28.6 Å². The summed E-state index contributed by atoms with van der Waals surface area (Å²) in [6.45, 7) is 3.68. The van der Waals surface area contributed by atoms with Crippen LogP contribution in [0.25, 0.3) is 10.2 Å². The molecule has 1 aliphatic heterocycles. The Labute approximate surface area is 161 Å². The Balaban J connectivity index is 1.50. The van der Waals surface area contributed by atoms with Gasteiger partial charge in [-0.25, -0.2) is 18.4 Å². The van der Waals surface area contributed by atoms with Crippen LogP contribution in [0.5, 0.6) is 0 Å². The lowest BCUT2D eigenvalue weighted by Crippen LogP contribution is -2.47. The molecule has 6 nitrogen and oxygen atoms in total. The highest BCUT2D eigenvalue weighted by Gasteiger charge is 2.39. The zero-order valence-electron chi connectivity index (χ0n) is 14.8. The number of carbonyl (C=O) groups is 1. The van der Waals surface area contributed by atoms with Crippen LogP contribution in [0.4, 0.5) is 0 Å². The summed E-state index contributed by atoms with van der Waals surface area (Å²) >= 11 is 3.16. The van der Waals surface area contributed by atoms with Gasteiger partial charge in [-0.05, 0) is 45.1 Å². The molecule has 140 valence electrons. The lowest BCUT2D eigenvalue weighted by Gasteiger charge is -2.23. The van der Waals surface area contributed by atoms with Gasteiger partial charge in [-0.1, -0.05) is 11.8 Å². The minimum atomic E-state index is -3.04. The normalized spacial score (nSPS) is 24.1. The topological polar surface area (TPSA) is 89.0 Å². The van der Waals surface area contributed by atoms with Crippen LogP contribution < -0.4 is 5.32 Å². The molecule has 3 heterocycles. The molecule has 2 aromatic heterocycles. The highest BCUT2D eigenvalue weighted by molar-refractivity contribution is 8.00. The van der Waals surface area contributed by atoms with E-state index in [0.717, 1.165) is 28.1 Å². The Hall–Kier alpha value is -1.19. The van der Waals surface area contributed by atoms with E-state index in [4.69, 9.17) is 0 Å². The molecule has 1 N–H and O–H groups in total. The average molecular weight is 412 g/mol. The Kier molecular flexibility index (Phi) is 4.51. The number of nitrogens with zero attached hydrogens (tertiary/aromatic N) is 2. The minimum absolute atomic E-state index is 0.0192. The lowest BCUT2D eigenvalue weighted by molar-refractivity contribution is -0.120. The third kappa shape index (κ3) is 3.48. The average Bonchev–Trinajstić information content (AvgIpc) is 3.17. The molecule has 0 aromatic carbocycles. The fraction of sp³-hybridized carbons (Fsp3) is 0.588. The third-order valence-electron chi connectivity index (χ3n) is 4.93. The standard InChI is InChI=1S/C17H21N3O3S3/c1-10-18-15(14-11-4-3-5-12(11)25-16(14)19-10)24-8-13(21)20-17(2)6-7-26(22,23)9-17/h3-9H2,1-2H3,(H,20,21)/t17-/m0/s1. The zero-order valence-corrected chi connectivity index (χ0v) is 17.2. The molecule has 1 amide bonds. The van der Waals surface area contributed by atoms with E-state index in [-0.39, 0.29) is 23.2 Å². The number of fused-ring (bicyclic) bond motifs is 3. The SMILES string of the molecule is Cc1nc(SCC(=O)N[C@@]2(C)CCS(=O)(=O)C2)c2c3c(sc2n1)CCC3. The van der Waals surface area contributed by atoms with Crippen LogP contribution in [0.2, 0.25) is 0 Å². The highest BCUT2D eigenvalue weighted by atomic mass is 32.2. The summed E-state index contributed by atoms with van der Waals surface area (Å²) in [7, 11) is -3.04. The number of nitrogens with one attached hydrogen (secondary N) is 1. The molecule has 0 unspecified atom stereocenters. The number of thiophene rings is 1. The van der Waals surface area contributed by atoms with Crippen LogP contribution in [-0.4, -0.2) is 47.1 Å². The van der Waals surface area contributed by atoms with Gasteiger partial charge in [0.1, 0.15) is 15.7 Å². The van der Waals surface area contributed by atoms with Gasteiger partial charge in [0.15, 0.2) is 9.84 Å². The van der Waals surface area contributed by atoms with Crippen molar-refractivity contribution in [3.8, 4) is 0 Å². The monoisotopic (exact) mass is 411 g/mol. The van der Waals surface area contributed by atoms with Crippen LogP contribution in [-0.2, 0) is 27.5 Å². The summed E-state index contributed by atoms with van der Waals surface area (Å²) in [6, 6.07) is 0. The van der Waals surface area contributed by atoms with Crippen molar-refractivity contribution >= 4 is 49.1 Å². The molecule has 0 saturated carbocycles. The summed E-state index contributed by atoms with van der Waals surface area (Å²) in [6.07, 6.45) is 3.80. The highest BCUT2D eigenvalue weighted by Crippen LogP contribution is 2.40. The maximum absolute atomic E-state index is 12.4. The number of aryl methyl sites for hydroxylation is 3. The molecule has 2 aromatic rings. The van der Waals surface area contributed by atoms with Crippen LogP contribution >= 0.6 is 23.1 Å². The lowest BCUT2D eigenvalue weighted by atomic mass is 10.0. The molecule has 0 spiro atoms. The summed E-state index contributed by atoms with van der Waals surface area (Å²) in [4.78, 5) is 24.0. The number of hydrogen-bond acceptors (Lipinski definition) is 7. The van der Waals surface area contributed by atoms with Crippen molar-refractivity contribution in [2.75, 3.05) is 17.3 Å². The van der Waals surface area contributed by atoms with Gasteiger partial charge >= 0.3 is 0 Å². The molecule has 1 saturated heterocycles. The number of sulfone groups is 1. The number of aromatic nitrogens is 2. The number of hydrogen-bond donors (Lipinski definition) is 1. The minimum Gasteiger partial charge on any atom is -0.349 e. The van der Waals surface area contributed by atoms with E-state index in [9.17, 15) is 13.2 Å². The quantitative estimate of drug-likeness (QED) is 0.613. The van der Waals surface area contributed by atoms with Crippen molar-refractivity contribution in [2.24, 2.45) is 0 Å². The Morgan fingerprint density at radius 2 is 2.15 bits per heavy atom. The second kappa shape index (κ2) is 6.45. The number of carbonyl (C=O) groups excluding carboxylic acids is 1. The first-order valence-corrected chi connectivity index (χ1v) is 12.3. The predicted octanol–water partition coefficient (Wildman–Crippen LogP) is 2.27. The summed E-state index contributed by atoms with van der Waals surface area (Å²) in [5.41, 5.74) is 0.693. The van der Waals surface area contributed by atoms with E-state index in [1.807, 2.05) is 6.92 Å². The fourth-order valence-electron chi connectivity index (χ4n) is 3.78. The Bertz CT molecular complexity index is 1000. The van der Waals surface area contributed by atoms with Gasteiger partial charge in [0.05, 0.1) is 22.8 Å². The molecule has 1 aliphatic carbocycles. The van der Waals surface area contributed by atoms with Gasteiger partial charge < -0.3 is 5.32 Å². The van der Waals surface area contributed by atoms with Gasteiger partial charge in [-0.2, -0.15) is 0 Å². The maximum atomic E-state index is 12.4. The molecule has 2 aliphatic rings. The molecule has 4 rings (SSSR count). The van der Waals surface area contributed by atoms with Gasteiger partial charge in [-0.15, -0.1) is 11.3 Å². The third-order valence-corrected chi connectivity index (χ3v) is 8.99. The van der Waals surface area contributed by atoms with Gasteiger partial charge in [0.25, 0.3) is 0 Å². The van der Waals surface area contributed by atoms with Crippen LogP contribution in [0.3, 0.4) is 0 Å². The smallest absolute Gasteiger partial charge is 0.230 e. The van der Waals surface area contributed by atoms with Crippen molar-refractivity contribution in [2.45, 2.75) is 50.1 Å². The molecule has 1 fully saturated rings. The van der Waals surface area contributed by atoms with Gasteiger partial charge in [0, 0.05) is 10.3 Å². The molecule has 0 radical (unpaired) electrons.